The number of aliphatic imine (C=N–C) groups is 1. The number of rotatable bonds is 4. The molecule has 2 aliphatic heterocycles. The van der Waals surface area contributed by atoms with Crippen LogP contribution in [0.4, 0.5) is 14.5 Å². The van der Waals surface area contributed by atoms with Gasteiger partial charge in [-0.2, -0.15) is 8.78 Å². The van der Waals surface area contributed by atoms with Crippen molar-refractivity contribution in [2.45, 2.75) is 12.0 Å². The third-order valence-corrected chi connectivity index (χ3v) is 6.51. The summed E-state index contributed by atoms with van der Waals surface area (Å²) in [7, 11) is 1.51. The summed E-state index contributed by atoms with van der Waals surface area (Å²) in [6, 6.07) is 12.2. The maximum atomic E-state index is 15.4. The lowest BCUT2D eigenvalue weighted by Crippen LogP contribution is -2.39. The number of pyridine rings is 3. The lowest BCUT2D eigenvalue weighted by molar-refractivity contribution is 0.102. The van der Waals surface area contributed by atoms with Crippen LogP contribution in [0.15, 0.2) is 65.9 Å². The Morgan fingerprint density at radius 3 is 2.72 bits per heavy atom. The quantitative estimate of drug-likeness (QED) is 0.376. The number of benzene rings is 1. The number of ether oxygens (including phenoxy) is 3. The monoisotopic (exact) mass is 530 g/mol. The Kier molecular flexibility index (Phi) is 5.78. The molecule has 3 N–H and O–H groups in total. The van der Waals surface area contributed by atoms with E-state index in [1.165, 1.54) is 31.6 Å². The zero-order chi connectivity index (χ0) is 27.1. The van der Waals surface area contributed by atoms with Crippen LogP contribution in [0.5, 0.6) is 17.2 Å². The minimum Gasteiger partial charge on any atom is -0.495 e. The molecule has 10 nitrogen and oxygen atoms in total. The number of amidine groups is 1. The van der Waals surface area contributed by atoms with E-state index < -0.39 is 23.3 Å². The molecule has 3 aromatic heterocycles. The fourth-order valence-corrected chi connectivity index (χ4v) is 4.69. The first-order valence-corrected chi connectivity index (χ1v) is 11.8. The van der Waals surface area contributed by atoms with Crippen molar-refractivity contribution < 1.29 is 27.8 Å². The van der Waals surface area contributed by atoms with E-state index in [2.05, 4.69) is 25.3 Å². The molecule has 0 fully saturated rings. The van der Waals surface area contributed by atoms with Crippen LogP contribution in [-0.4, -0.2) is 40.6 Å². The Labute approximate surface area is 220 Å². The summed E-state index contributed by atoms with van der Waals surface area (Å²) in [4.78, 5) is 29.1. The molecule has 5 heterocycles. The number of carbonyl (C=O) groups excluding carboxylic acids is 1. The molecule has 2 aliphatic rings. The summed E-state index contributed by atoms with van der Waals surface area (Å²) >= 11 is 0. The normalized spacial score (nSPS) is 17.3. The number of nitrogens with zero attached hydrogens (tertiary/aromatic N) is 4. The van der Waals surface area contributed by atoms with Gasteiger partial charge in [0.15, 0.2) is 5.75 Å². The van der Waals surface area contributed by atoms with Crippen molar-refractivity contribution in [1.82, 2.24) is 15.0 Å². The molecule has 1 aromatic carbocycles. The van der Waals surface area contributed by atoms with Gasteiger partial charge >= 0.3 is 0 Å². The zero-order valence-corrected chi connectivity index (χ0v) is 20.4. The van der Waals surface area contributed by atoms with Gasteiger partial charge in [-0.25, -0.2) is 19.9 Å². The zero-order valence-electron chi connectivity index (χ0n) is 20.4. The first-order valence-electron chi connectivity index (χ1n) is 11.8. The number of anilines is 1. The highest BCUT2D eigenvalue weighted by atomic mass is 19.1. The number of aromatic nitrogens is 3. The molecular formula is C27H20F2N6O4. The molecule has 196 valence electrons. The Balaban J connectivity index is 1.45. The molecule has 6 rings (SSSR count). The van der Waals surface area contributed by atoms with Gasteiger partial charge in [0.05, 0.1) is 25.6 Å². The van der Waals surface area contributed by atoms with E-state index in [1.807, 2.05) is 0 Å². The maximum absolute atomic E-state index is 15.4. The van der Waals surface area contributed by atoms with Crippen molar-refractivity contribution >= 4 is 17.6 Å². The number of nitrogens with one attached hydrogen (secondary N) is 1. The topological polar surface area (TPSA) is 134 Å². The van der Waals surface area contributed by atoms with E-state index in [4.69, 9.17) is 19.9 Å². The number of amides is 1. The molecule has 12 heteroatoms. The van der Waals surface area contributed by atoms with Crippen LogP contribution in [0.1, 0.15) is 28.0 Å². The van der Waals surface area contributed by atoms with Gasteiger partial charge in [0.1, 0.15) is 22.7 Å². The second-order valence-electron chi connectivity index (χ2n) is 8.80. The van der Waals surface area contributed by atoms with Crippen LogP contribution in [-0.2, 0) is 10.3 Å². The molecule has 0 saturated heterocycles. The highest BCUT2D eigenvalue weighted by Crippen LogP contribution is 2.53. The fraction of sp³-hybridized carbons (Fsp3) is 0.148. The van der Waals surface area contributed by atoms with Gasteiger partial charge in [0, 0.05) is 41.1 Å². The Hall–Kier alpha value is -5.13. The van der Waals surface area contributed by atoms with E-state index in [0.29, 0.717) is 33.9 Å². The number of halogens is 2. The van der Waals surface area contributed by atoms with Gasteiger partial charge in [0.2, 0.25) is 5.95 Å². The van der Waals surface area contributed by atoms with Crippen molar-refractivity contribution in [3.8, 4) is 28.5 Å². The second kappa shape index (κ2) is 9.31. The third kappa shape index (κ3) is 4.25. The molecule has 0 bridgehead atoms. The molecule has 1 spiro atoms. The molecule has 0 radical (unpaired) electrons. The number of methoxy groups -OCH3 is 1. The molecule has 0 unspecified atom stereocenters. The molecule has 1 atom stereocenters. The largest absolute Gasteiger partial charge is 0.495 e. The van der Waals surface area contributed by atoms with E-state index in [-0.39, 0.29) is 36.2 Å². The fourth-order valence-electron chi connectivity index (χ4n) is 4.69. The summed E-state index contributed by atoms with van der Waals surface area (Å²) in [5.41, 5.74) is 6.73. The predicted molar refractivity (Wildman–Crippen MR) is 136 cm³/mol. The Morgan fingerprint density at radius 1 is 1.10 bits per heavy atom. The molecule has 0 saturated carbocycles. The van der Waals surface area contributed by atoms with Crippen LogP contribution >= 0.6 is 0 Å². The summed E-state index contributed by atoms with van der Waals surface area (Å²) in [5.74, 6) is -1.38. The minimum atomic E-state index is -1.23. The first kappa shape index (κ1) is 24.2. The van der Waals surface area contributed by atoms with E-state index in [0.717, 1.165) is 6.07 Å². The molecule has 39 heavy (non-hydrogen) atoms. The molecular weight excluding hydrogens is 510 g/mol. The van der Waals surface area contributed by atoms with Crippen molar-refractivity contribution in [3.63, 3.8) is 0 Å². The average molecular weight is 530 g/mol. The number of fused-ring (bicyclic) bond motifs is 4. The number of hydrogen-bond acceptors (Lipinski definition) is 9. The summed E-state index contributed by atoms with van der Waals surface area (Å²) in [5, 5.41) is 2.81. The average Bonchev–Trinajstić information content (AvgIpc) is 2.94. The molecule has 0 aliphatic carbocycles. The van der Waals surface area contributed by atoms with Crippen LogP contribution in [0.3, 0.4) is 0 Å². The summed E-state index contributed by atoms with van der Waals surface area (Å²) < 4.78 is 45.7. The molecule has 1 amide bonds. The van der Waals surface area contributed by atoms with Crippen LogP contribution in [0.25, 0.3) is 11.3 Å². The van der Waals surface area contributed by atoms with Crippen molar-refractivity contribution in [1.29, 1.82) is 0 Å². The van der Waals surface area contributed by atoms with Crippen LogP contribution in [0, 0.1) is 11.9 Å². The molecule has 4 aromatic rings. The van der Waals surface area contributed by atoms with Gasteiger partial charge in [-0.3, -0.25) is 4.79 Å². The Morgan fingerprint density at radius 2 is 1.97 bits per heavy atom. The minimum absolute atomic E-state index is 0.0920. The predicted octanol–water partition coefficient (Wildman–Crippen LogP) is 4.16. The summed E-state index contributed by atoms with van der Waals surface area (Å²) in [6.07, 6.45) is 2.99. The van der Waals surface area contributed by atoms with Gasteiger partial charge in [-0.05, 0) is 42.5 Å². The third-order valence-electron chi connectivity index (χ3n) is 6.51. The van der Waals surface area contributed by atoms with Crippen molar-refractivity contribution in [3.05, 3.63) is 89.6 Å². The van der Waals surface area contributed by atoms with Gasteiger partial charge in [-0.1, -0.05) is 0 Å². The van der Waals surface area contributed by atoms with Crippen LogP contribution < -0.4 is 20.5 Å². The number of carbonyl (C=O) groups is 1. The van der Waals surface area contributed by atoms with E-state index in [9.17, 15) is 9.18 Å². The standard InChI is InChI=1S/C27H20F2N6O4/c1-37-16-3-4-19(32-13-16)25(36)33-15-2-5-21-17(11-15)27(7-9-38-26(30)35-27)18-12-20(34-24(29)23(18)39-21)14-6-8-31-22(28)10-14/h2-6,8,10-13H,7,9H2,1H3,(H2,30,35)(H,33,36)/t27-/m0/s1. The van der Waals surface area contributed by atoms with Crippen LogP contribution in [0.2, 0.25) is 0 Å². The lowest BCUT2D eigenvalue weighted by Gasteiger charge is -2.39. The first-order chi connectivity index (χ1) is 18.9. The summed E-state index contributed by atoms with van der Waals surface area (Å²) in [6.45, 7) is 0.184. The Bertz CT molecular complexity index is 1650. The van der Waals surface area contributed by atoms with Crippen molar-refractivity contribution in [2.24, 2.45) is 10.7 Å². The second-order valence-corrected chi connectivity index (χ2v) is 8.80. The van der Waals surface area contributed by atoms with E-state index in [1.54, 1.807) is 30.3 Å². The smallest absolute Gasteiger partial charge is 0.283 e. The highest BCUT2D eigenvalue weighted by Gasteiger charge is 2.46. The van der Waals surface area contributed by atoms with Gasteiger partial charge in [-0.15, -0.1) is 0 Å². The number of nitrogens with two attached hydrogens (primary N) is 1. The van der Waals surface area contributed by atoms with Crippen molar-refractivity contribution in [2.75, 3.05) is 19.0 Å². The van der Waals surface area contributed by atoms with Gasteiger partial charge in [0.25, 0.3) is 17.9 Å². The van der Waals surface area contributed by atoms with E-state index >= 15 is 4.39 Å². The number of hydrogen-bond donors (Lipinski definition) is 2. The SMILES string of the molecule is COc1ccc(C(=O)Nc2ccc3c(c2)[C@@]2(CCOC(N)=N2)c2cc(-c4ccnc(F)c4)nc(F)c2O3)nc1. The highest BCUT2D eigenvalue weighted by molar-refractivity contribution is 6.03. The maximum Gasteiger partial charge on any atom is 0.283 e. The van der Waals surface area contributed by atoms with Gasteiger partial charge < -0.3 is 25.3 Å². The lowest BCUT2D eigenvalue weighted by atomic mass is 9.77.